The first-order valence-corrected chi connectivity index (χ1v) is 9.77. The van der Waals surface area contributed by atoms with Gasteiger partial charge in [0.15, 0.2) is 0 Å². The van der Waals surface area contributed by atoms with Crippen LogP contribution in [0, 0.1) is 6.92 Å². The van der Waals surface area contributed by atoms with E-state index < -0.39 is 0 Å². The van der Waals surface area contributed by atoms with Crippen molar-refractivity contribution in [3.63, 3.8) is 0 Å². The highest BCUT2D eigenvalue weighted by atomic mass is 35.5. The third-order valence-corrected chi connectivity index (χ3v) is 5.55. The van der Waals surface area contributed by atoms with E-state index in [4.69, 9.17) is 21.4 Å². The highest BCUT2D eigenvalue weighted by molar-refractivity contribution is 6.31. The Morgan fingerprint density at radius 3 is 2.70 bits per heavy atom. The summed E-state index contributed by atoms with van der Waals surface area (Å²) < 4.78 is 7.29. The van der Waals surface area contributed by atoms with Gasteiger partial charge in [0.05, 0.1) is 18.5 Å². The molecule has 4 nitrogen and oxygen atoms in total. The van der Waals surface area contributed by atoms with E-state index in [2.05, 4.69) is 23.5 Å². The fourth-order valence-corrected chi connectivity index (χ4v) is 3.73. The number of hydrogen-bond acceptors (Lipinski definition) is 3. The van der Waals surface area contributed by atoms with E-state index in [1.807, 2.05) is 35.9 Å². The lowest BCUT2D eigenvalue weighted by Crippen LogP contribution is -2.07. The number of ether oxygens (including phenoxy) is 1. The van der Waals surface area contributed by atoms with Crippen molar-refractivity contribution in [1.29, 1.82) is 0 Å². The predicted octanol–water partition coefficient (Wildman–Crippen LogP) is 5.18. The molecular formula is C22H24ClN3O. The quantitative estimate of drug-likeness (QED) is 0.676. The lowest BCUT2D eigenvalue weighted by Gasteiger charge is -2.10. The fraction of sp³-hybridized carbons (Fsp3) is 0.318. The molecule has 4 rings (SSSR count). The number of fused-ring (bicyclic) bond motifs is 1. The molecule has 2 heterocycles. The monoisotopic (exact) mass is 381 g/mol. The zero-order valence-corrected chi connectivity index (χ0v) is 16.5. The van der Waals surface area contributed by atoms with Crippen molar-refractivity contribution in [2.45, 2.75) is 32.6 Å². The van der Waals surface area contributed by atoms with Crippen molar-refractivity contribution in [1.82, 2.24) is 9.78 Å². The third kappa shape index (κ3) is 3.67. The van der Waals surface area contributed by atoms with Crippen LogP contribution >= 0.6 is 11.6 Å². The number of benzene rings is 2. The van der Waals surface area contributed by atoms with Crippen molar-refractivity contribution in [2.24, 2.45) is 0 Å². The summed E-state index contributed by atoms with van der Waals surface area (Å²) in [5.74, 6) is 1.98. The Morgan fingerprint density at radius 2 is 1.96 bits per heavy atom. The molecule has 27 heavy (non-hydrogen) atoms. The summed E-state index contributed by atoms with van der Waals surface area (Å²) in [7, 11) is 1.69. The first kappa shape index (κ1) is 17.9. The molecule has 3 aromatic rings. The number of hydrogen-bond donors (Lipinski definition) is 1. The highest BCUT2D eigenvalue weighted by Crippen LogP contribution is 2.31. The first-order valence-electron chi connectivity index (χ1n) is 9.40. The Balaban J connectivity index is 1.75. The van der Waals surface area contributed by atoms with Crippen LogP contribution in [0.2, 0.25) is 5.02 Å². The maximum absolute atomic E-state index is 6.37. The largest absolute Gasteiger partial charge is 0.497 e. The molecule has 0 radical (unpaired) electrons. The summed E-state index contributed by atoms with van der Waals surface area (Å²) in [6.45, 7) is 2.99. The summed E-state index contributed by atoms with van der Waals surface area (Å²) in [5, 5.41) is 9.33. The van der Waals surface area contributed by atoms with Gasteiger partial charge < -0.3 is 10.1 Å². The Kier molecular flexibility index (Phi) is 5.08. The lowest BCUT2D eigenvalue weighted by molar-refractivity contribution is 0.414. The van der Waals surface area contributed by atoms with Gasteiger partial charge >= 0.3 is 0 Å². The molecule has 0 fully saturated rings. The normalized spacial score (nSPS) is 13.6. The minimum atomic E-state index is 0.766. The number of aryl methyl sites for hydroxylation is 1. The van der Waals surface area contributed by atoms with Crippen LogP contribution in [0.1, 0.15) is 35.2 Å². The Hall–Kier alpha value is -2.46. The minimum Gasteiger partial charge on any atom is -0.497 e. The molecule has 0 unspecified atom stereocenters. The van der Waals surface area contributed by atoms with E-state index in [0.717, 1.165) is 52.9 Å². The number of methoxy groups -OCH3 is 1. The van der Waals surface area contributed by atoms with Gasteiger partial charge in [-0.15, -0.1) is 0 Å². The minimum absolute atomic E-state index is 0.766. The Labute approximate surface area is 165 Å². The van der Waals surface area contributed by atoms with E-state index in [1.165, 1.54) is 24.0 Å². The second-order valence-corrected chi connectivity index (χ2v) is 7.44. The maximum atomic E-state index is 6.37. The van der Waals surface area contributed by atoms with Crippen LogP contribution in [0.4, 0.5) is 5.82 Å². The van der Waals surface area contributed by atoms with Gasteiger partial charge in [-0.3, -0.25) is 0 Å². The van der Waals surface area contributed by atoms with E-state index in [-0.39, 0.29) is 0 Å². The van der Waals surface area contributed by atoms with Crippen molar-refractivity contribution in [2.75, 3.05) is 19.0 Å². The van der Waals surface area contributed by atoms with Crippen LogP contribution < -0.4 is 10.1 Å². The number of nitrogens with zero attached hydrogens (tertiary/aromatic N) is 2. The molecule has 0 atom stereocenters. The Bertz CT molecular complexity index is 947. The van der Waals surface area contributed by atoms with Crippen molar-refractivity contribution >= 4 is 17.4 Å². The smallest absolute Gasteiger partial charge is 0.133 e. The van der Waals surface area contributed by atoms with Gasteiger partial charge in [0.25, 0.3) is 0 Å². The molecular weight excluding hydrogens is 358 g/mol. The number of aromatic nitrogens is 2. The maximum Gasteiger partial charge on any atom is 0.133 e. The molecule has 2 aromatic carbocycles. The molecule has 1 aromatic heterocycles. The SMILES string of the molecule is COc1ccc(Cc2nn(-c3ccc(C)c(Cl)c3)c3c2CCCCN3)cc1. The second-order valence-electron chi connectivity index (χ2n) is 7.03. The molecule has 0 saturated carbocycles. The van der Waals surface area contributed by atoms with Gasteiger partial charge in [-0.1, -0.05) is 29.8 Å². The molecule has 1 aliphatic heterocycles. The Morgan fingerprint density at radius 1 is 1.15 bits per heavy atom. The van der Waals surface area contributed by atoms with Crippen molar-refractivity contribution in [3.05, 3.63) is 69.9 Å². The first-order chi connectivity index (χ1) is 13.2. The molecule has 0 bridgehead atoms. The van der Waals surface area contributed by atoms with Gasteiger partial charge in [-0.2, -0.15) is 5.10 Å². The molecule has 1 aliphatic rings. The number of nitrogens with one attached hydrogen (secondary N) is 1. The molecule has 0 spiro atoms. The summed E-state index contributed by atoms with van der Waals surface area (Å²) in [5.41, 5.74) is 5.75. The average Bonchev–Trinajstić information content (AvgIpc) is 2.86. The molecule has 0 saturated heterocycles. The van der Waals surface area contributed by atoms with Gasteiger partial charge in [0.2, 0.25) is 0 Å². The summed E-state index contributed by atoms with van der Waals surface area (Å²) >= 11 is 6.37. The number of rotatable bonds is 4. The van der Waals surface area contributed by atoms with Gasteiger partial charge in [-0.25, -0.2) is 4.68 Å². The van der Waals surface area contributed by atoms with Gasteiger partial charge in [-0.05, 0) is 61.6 Å². The molecule has 1 N–H and O–H groups in total. The summed E-state index contributed by atoms with van der Waals surface area (Å²) in [6, 6.07) is 14.3. The molecule has 0 aliphatic carbocycles. The van der Waals surface area contributed by atoms with Gasteiger partial charge in [0.1, 0.15) is 11.6 Å². The second kappa shape index (κ2) is 7.65. The topological polar surface area (TPSA) is 39.1 Å². The van der Waals surface area contributed by atoms with E-state index in [0.29, 0.717) is 0 Å². The van der Waals surface area contributed by atoms with Crippen LogP contribution in [-0.4, -0.2) is 23.4 Å². The van der Waals surface area contributed by atoms with E-state index in [1.54, 1.807) is 7.11 Å². The van der Waals surface area contributed by atoms with Crippen LogP contribution in [0.3, 0.4) is 0 Å². The van der Waals surface area contributed by atoms with E-state index in [9.17, 15) is 0 Å². The standard InChI is InChI=1S/C22H24ClN3O/c1-15-6-9-17(14-20(15)23)26-22-19(5-3-4-12-24-22)21(25-26)13-16-7-10-18(27-2)11-8-16/h6-11,14,24H,3-5,12-13H2,1-2H3. The molecule has 5 heteroatoms. The fourth-order valence-electron chi connectivity index (χ4n) is 3.55. The predicted molar refractivity (Wildman–Crippen MR) is 111 cm³/mol. The third-order valence-electron chi connectivity index (χ3n) is 5.14. The van der Waals surface area contributed by atoms with Crippen LogP contribution in [0.25, 0.3) is 5.69 Å². The van der Waals surface area contributed by atoms with Gasteiger partial charge in [0, 0.05) is 23.6 Å². The zero-order chi connectivity index (χ0) is 18.8. The molecule has 0 amide bonds. The number of halogens is 1. The van der Waals surface area contributed by atoms with E-state index >= 15 is 0 Å². The van der Waals surface area contributed by atoms with Crippen LogP contribution in [-0.2, 0) is 12.8 Å². The summed E-state index contributed by atoms with van der Waals surface area (Å²) in [4.78, 5) is 0. The average molecular weight is 382 g/mol. The molecule has 140 valence electrons. The van der Waals surface area contributed by atoms with Crippen molar-refractivity contribution < 1.29 is 4.74 Å². The summed E-state index contributed by atoms with van der Waals surface area (Å²) in [6.07, 6.45) is 4.20. The number of anilines is 1. The zero-order valence-electron chi connectivity index (χ0n) is 15.8. The van der Waals surface area contributed by atoms with Crippen molar-refractivity contribution in [3.8, 4) is 11.4 Å². The highest BCUT2D eigenvalue weighted by Gasteiger charge is 2.21. The lowest BCUT2D eigenvalue weighted by atomic mass is 10.0. The van der Waals surface area contributed by atoms with Crippen LogP contribution in [0.15, 0.2) is 42.5 Å². The van der Waals surface area contributed by atoms with Crippen LogP contribution in [0.5, 0.6) is 5.75 Å².